The highest BCUT2D eigenvalue weighted by Gasteiger charge is 2.39. The number of fused-ring (bicyclic) bond motifs is 1. The third-order valence-corrected chi connectivity index (χ3v) is 11.3. The second-order valence-corrected chi connectivity index (χ2v) is 15.5. The molecule has 2 aromatic carbocycles. The van der Waals surface area contributed by atoms with E-state index >= 15 is 0 Å². The minimum Gasteiger partial charge on any atom is -0.464 e. The fourth-order valence-corrected chi connectivity index (χ4v) is 8.23. The molecule has 5 aromatic rings. The summed E-state index contributed by atoms with van der Waals surface area (Å²) in [6, 6.07) is 12.7. The molecule has 0 bridgehead atoms. The van der Waals surface area contributed by atoms with Crippen molar-refractivity contribution in [1.29, 1.82) is 0 Å². The average molecular weight is 781 g/mol. The number of benzene rings is 2. The number of amides is 3. The quantitative estimate of drug-likeness (QED) is 0.0904. The van der Waals surface area contributed by atoms with Crippen molar-refractivity contribution < 1.29 is 33.4 Å². The molecule has 3 amide bonds. The van der Waals surface area contributed by atoms with Gasteiger partial charge in [-0.1, -0.05) is 58.0 Å². The van der Waals surface area contributed by atoms with Gasteiger partial charge < -0.3 is 44.5 Å². The molecule has 5 N–H and O–H groups in total. The number of alkyl carbamates (subject to hydrolysis) is 2. The van der Waals surface area contributed by atoms with Crippen molar-refractivity contribution in [2.75, 3.05) is 27.3 Å². The van der Waals surface area contributed by atoms with Crippen LogP contribution in [-0.4, -0.2) is 98.6 Å². The maximum atomic E-state index is 13.6. The highest BCUT2D eigenvalue weighted by Crippen LogP contribution is 2.39. The van der Waals surface area contributed by atoms with Crippen LogP contribution >= 0.6 is 0 Å². The summed E-state index contributed by atoms with van der Waals surface area (Å²) in [6.45, 7) is 8.96. The van der Waals surface area contributed by atoms with Gasteiger partial charge >= 0.3 is 12.2 Å². The number of ether oxygens (including phenoxy) is 2. The van der Waals surface area contributed by atoms with E-state index in [1.165, 1.54) is 14.2 Å². The zero-order chi connectivity index (χ0) is 40.4. The van der Waals surface area contributed by atoms with Crippen LogP contribution in [0.25, 0.3) is 44.6 Å². The van der Waals surface area contributed by atoms with E-state index in [-0.39, 0.29) is 29.8 Å². The highest BCUT2D eigenvalue weighted by molar-refractivity contribution is 6.01. The molecule has 2 saturated heterocycles. The summed E-state index contributed by atoms with van der Waals surface area (Å²) in [5.41, 5.74) is 6.24. The largest absolute Gasteiger partial charge is 0.464 e. The molecule has 2 aliphatic heterocycles. The van der Waals surface area contributed by atoms with Crippen LogP contribution in [0, 0.1) is 11.8 Å². The first-order valence-corrected chi connectivity index (χ1v) is 19.6. The van der Waals surface area contributed by atoms with Crippen molar-refractivity contribution in [2.24, 2.45) is 11.8 Å². The van der Waals surface area contributed by atoms with E-state index < -0.39 is 30.5 Å². The van der Waals surface area contributed by atoms with E-state index in [1.807, 2.05) is 56.9 Å². The number of aliphatic hydroxyl groups excluding tert-OH is 1. The predicted molar refractivity (Wildman–Crippen MR) is 214 cm³/mol. The molecule has 5 unspecified atom stereocenters. The van der Waals surface area contributed by atoms with E-state index in [0.29, 0.717) is 18.9 Å². The first-order valence-electron chi connectivity index (χ1n) is 19.6. The van der Waals surface area contributed by atoms with Crippen LogP contribution in [0.5, 0.6) is 0 Å². The number of nitrogens with zero attached hydrogens (tertiary/aromatic N) is 4. The lowest BCUT2D eigenvalue weighted by molar-refractivity contribution is -0.135. The second-order valence-electron chi connectivity index (χ2n) is 15.5. The number of likely N-dealkylation sites (tertiary alicyclic amines) is 2. The number of hydrogen-bond donors (Lipinski definition) is 5. The van der Waals surface area contributed by atoms with Crippen LogP contribution in [0.1, 0.15) is 77.1 Å². The van der Waals surface area contributed by atoms with Crippen LogP contribution in [0.15, 0.2) is 65.5 Å². The fourth-order valence-electron chi connectivity index (χ4n) is 8.23. The van der Waals surface area contributed by atoms with E-state index in [9.17, 15) is 19.5 Å². The van der Waals surface area contributed by atoms with Crippen LogP contribution in [0.2, 0.25) is 0 Å². The van der Waals surface area contributed by atoms with Crippen LogP contribution in [0.4, 0.5) is 9.59 Å². The van der Waals surface area contributed by atoms with E-state index in [2.05, 4.69) is 38.8 Å². The van der Waals surface area contributed by atoms with Crippen molar-refractivity contribution in [1.82, 2.24) is 40.4 Å². The summed E-state index contributed by atoms with van der Waals surface area (Å²) in [4.78, 5) is 57.8. The van der Waals surface area contributed by atoms with Gasteiger partial charge in [-0.3, -0.25) is 9.69 Å². The van der Waals surface area contributed by atoms with Gasteiger partial charge in [0.1, 0.15) is 29.5 Å². The molecule has 5 atom stereocenters. The first kappa shape index (κ1) is 39.6. The number of aliphatic hydroxyl groups is 1. The number of rotatable bonds is 12. The van der Waals surface area contributed by atoms with Crippen molar-refractivity contribution in [3.8, 4) is 33.6 Å². The smallest absolute Gasteiger partial charge is 0.407 e. The van der Waals surface area contributed by atoms with Gasteiger partial charge in [0.25, 0.3) is 0 Å². The molecule has 7 rings (SSSR count). The van der Waals surface area contributed by atoms with Gasteiger partial charge in [-0.15, -0.1) is 0 Å². The number of carbonyl (C=O) groups excluding carboxylic acids is 3. The molecule has 5 heterocycles. The Kier molecular flexibility index (Phi) is 11.7. The lowest BCUT2D eigenvalue weighted by Crippen LogP contribution is -2.54. The van der Waals surface area contributed by atoms with E-state index in [4.69, 9.17) is 23.9 Å². The second kappa shape index (κ2) is 16.8. The van der Waals surface area contributed by atoms with Crippen molar-refractivity contribution in [2.45, 2.75) is 83.8 Å². The number of H-pyrrole nitrogens is 2. The predicted octanol–water partition coefficient (Wildman–Crippen LogP) is 6.76. The van der Waals surface area contributed by atoms with Gasteiger partial charge in [0, 0.05) is 24.0 Å². The molecule has 2 aliphatic rings. The van der Waals surface area contributed by atoms with Crippen molar-refractivity contribution >= 4 is 29.1 Å². The monoisotopic (exact) mass is 780 g/mol. The Balaban J connectivity index is 1.07. The van der Waals surface area contributed by atoms with Gasteiger partial charge in [0.05, 0.1) is 62.4 Å². The highest BCUT2D eigenvalue weighted by atomic mass is 16.5. The Bertz CT molecular complexity index is 2190. The zero-order valence-electron chi connectivity index (χ0n) is 33.2. The average Bonchev–Trinajstić information content (AvgIpc) is 4.07. The molecule has 0 radical (unpaired) electrons. The lowest BCUT2D eigenvalue weighted by atomic mass is 9.97. The van der Waals surface area contributed by atoms with Crippen LogP contribution in [0.3, 0.4) is 0 Å². The third-order valence-electron chi connectivity index (χ3n) is 11.3. The number of nitrogens with one attached hydrogen (secondary N) is 4. The number of aromatic amines is 2. The first-order chi connectivity index (χ1) is 27.5. The minimum atomic E-state index is -0.919. The van der Waals surface area contributed by atoms with Crippen molar-refractivity contribution in [3.05, 3.63) is 72.8 Å². The molecular weight excluding hydrogens is 729 g/mol. The molecular formula is C42H52N8O7. The maximum absolute atomic E-state index is 13.6. The van der Waals surface area contributed by atoms with Crippen LogP contribution in [-0.2, 0) is 14.3 Å². The summed E-state index contributed by atoms with van der Waals surface area (Å²) < 4.78 is 15.6. The normalized spacial score (nSPS) is 18.9. The molecule has 0 saturated carbocycles. The van der Waals surface area contributed by atoms with E-state index in [0.717, 1.165) is 76.1 Å². The molecule has 302 valence electrons. The van der Waals surface area contributed by atoms with Gasteiger partial charge in [0.15, 0.2) is 0 Å². The van der Waals surface area contributed by atoms with Gasteiger partial charge in [0.2, 0.25) is 5.91 Å². The van der Waals surface area contributed by atoms with E-state index in [1.54, 1.807) is 23.6 Å². The Morgan fingerprint density at radius 3 is 2.11 bits per heavy atom. The molecule has 57 heavy (non-hydrogen) atoms. The maximum Gasteiger partial charge on any atom is 0.407 e. The fraction of sp³-hybridized carbons (Fsp3) is 0.452. The Labute approximate surface area is 331 Å². The standard InChI is InChI=1S/C42H52N8O7/c1-23(2)34(47-41(53)55-5)39(51)49-18-7-9-32(49)37-43-21-30(45-37)26-13-11-25(12-14-26)27-15-16-29(36-28(27)17-20-57-36)31-22-44-38(46-31)33-10-8-19-50(33)40(52)35(24(3)4)48-42(54)56-6/h11-17,20-24,32-35,40,52H,7-10,18-19H2,1-6H3,(H,43,45)(H,44,46)(H,47,53)(H,48,54). The summed E-state index contributed by atoms with van der Waals surface area (Å²) in [7, 11) is 2.60. The number of methoxy groups -OCH3 is 2. The summed E-state index contributed by atoms with van der Waals surface area (Å²) in [6.07, 6.45) is 6.48. The number of carbonyl (C=O) groups is 3. The zero-order valence-corrected chi connectivity index (χ0v) is 33.2. The van der Waals surface area contributed by atoms with Crippen molar-refractivity contribution in [3.63, 3.8) is 0 Å². The molecule has 2 fully saturated rings. The number of hydrogen-bond acceptors (Lipinski definition) is 10. The molecule has 3 aromatic heterocycles. The van der Waals surface area contributed by atoms with Crippen LogP contribution < -0.4 is 10.6 Å². The minimum absolute atomic E-state index is 0.0257. The summed E-state index contributed by atoms with van der Waals surface area (Å²) >= 11 is 0. The Morgan fingerprint density at radius 2 is 1.40 bits per heavy atom. The lowest BCUT2D eigenvalue weighted by Gasteiger charge is -2.35. The van der Waals surface area contributed by atoms with Gasteiger partial charge in [-0.2, -0.15) is 0 Å². The summed E-state index contributed by atoms with van der Waals surface area (Å²) in [5, 5.41) is 17.9. The number of furan rings is 1. The molecule has 15 heteroatoms. The Hall–Kier alpha value is -5.67. The van der Waals surface area contributed by atoms with Gasteiger partial charge in [-0.25, -0.2) is 19.6 Å². The summed E-state index contributed by atoms with van der Waals surface area (Å²) in [5.74, 6) is 1.17. The number of imidazole rings is 2. The molecule has 0 spiro atoms. The number of aromatic nitrogens is 4. The van der Waals surface area contributed by atoms with Gasteiger partial charge in [-0.05, 0) is 66.3 Å². The SMILES string of the molecule is COC(=O)NC(C(=O)N1CCCC1c1ncc(-c2ccc(-c3ccc(-c4cnc(C5CCCN5C(O)C(NC(=O)OC)C(C)C)[nH]4)c4occc34)cc2)[nH]1)C(C)C. The third kappa shape index (κ3) is 7.99. The Morgan fingerprint density at radius 1 is 0.789 bits per heavy atom. The molecule has 15 nitrogen and oxygen atoms in total. The topological polar surface area (TPSA) is 191 Å². The molecule has 0 aliphatic carbocycles.